The van der Waals surface area contributed by atoms with Crippen molar-refractivity contribution in [3.05, 3.63) is 80.4 Å². The van der Waals surface area contributed by atoms with E-state index in [1.807, 2.05) is 13.0 Å². The highest BCUT2D eigenvalue weighted by Crippen LogP contribution is 2.35. The number of nitrogens with zero attached hydrogens (tertiary/aromatic N) is 1. The van der Waals surface area contributed by atoms with E-state index in [9.17, 15) is 17.6 Å². The molecule has 0 aliphatic carbocycles. The predicted molar refractivity (Wildman–Crippen MR) is 116 cm³/mol. The Bertz CT molecular complexity index is 1320. The molecule has 3 N–H and O–H groups in total. The number of halogens is 1. The smallest absolute Gasteiger partial charge is 0.391 e. The van der Waals surface area contributed by atoms with E-state index in [0.717, 1.165) is 16.7 Å². The van der Waals surface area contributed by atoms with Gasteiger partial charge in [-0.25, -0.2) is 22.7 Å². The predicted octanol–water partition coefficient (Wildman–Crippen LogP) is 2.59. The highest BCUT2D eigenvalue weighted by Gasteiger charge is 2.34. The quantitative estimate of drug-likeness (QED) is 0.521. The zero-order valence-electron chi connectivity index (χ0n) is 18.0. The van der Waals surface area contributed by atoms with Gasteiger partial charge in [0.25, 0.3) is 0 Å². The van der Waals surface area contributed by atoms with E-state index in [1.54, 1.807) is 32.0 Å². The molecule has 2 atom stereocenters. The zero-order chi connectivity index (χ0) is 23.0. The van der Waals surface area contributed by atoms with Crippen LogP contribution in [0.1, 0.15) is 52.6 Å². The molecule has 10 heteroatoms. The van der Waals surface area contributed by atoms with Crippen LogP contribution in [0.2, 0.25) is 0 Å². The van der Waals surface area contributed by atoms with E-state index >= 15 is 0 Å². The maximum Gasteiger partial charge on any atom is 0.434 e. The minimum Gasteiger partial charge on any atom is -0.391 e. The molecule has 0 fully saturated rings. The molecule has 1 aliphatic rings. The van der Waals surface area contributed by atoms with Crippen LogP contribution < -0.4 is 15.8 Å². The van der Waals surface area contributed by atoms with Crippen molar-refractivity contribution in [2.45, 2.75) is 50.6 Å². The van der Waals surface area contributed by atoms with Crippen molar-refractivity contribution in [2.24, 2.45) is 0 Å². The van der Waals surface area contributed by atoms with Crippen molar-refractivity contribution in [1.29, 1.82) is 0 Å². The molecule has 0 radical (unpaired) electrons. The monoisotopic (exact) mass is 460 g/mol. The van der Waals surface area contributed by atoms with Gasteiger partial charge in [-0.1, -0.05) is 25.1 Å². The first-order chi connectivity index (χ1) is 15.2. The summed E-state index contributed by atoms with van der Waals surface area (Å²) in [6, 6.07) is 7.04. The maximum atomic E-state index is 14.8. The summed E-state index contributed by atoms with van der Waals surface area (Å²) in [5.74, 6) is -2.15. The second-order valence-corrected chi connectivity index (χ2v) is 9.74. The van der Waals surface area contributed by atoms with Crippen LogP contribution in [0.3, 0.4) is 0 Å². The molecular formula is C22H25FN4O4S. The van der Waals surface area contributed by atoms with E-state index in [-0.39, 0.29) is 10.8 Å². The molecule has 3 aromatic rings. The summed E-state index contributed by atoms with van der Waals surface area (Å²) >= 11 is 0. The number of fused-ring (bicyclic) bond motifs is 1. The molecule has 0 amide bonds. The number of benzene rings is 2. The number of nitrogens with one attached hydrogen (secondary N) is 3. The minimum atomic E-state index is -4.04. The molecule has 0 bridgehead atoms. The van der Waals surface area contributed by atoms with Crippen molar-refractivity contribution in [3.8, 4) is 0 Å². The molecule has 0 saturated carbocycles. The number of aromatic nitrogens is 2. The summed E-state index contributed by atoms with van der Waals surface area (Å²) in [5.41, 5.74) is 3.55. The number of aryl methyl sites for hydroxylation is 1. The van der Waals surface area contributed by atoms with Crippen LogP contribution in [0.15, 0.2) is 44.4 Å². The van der Waals surface area contributed by atoms with Gasteiger partial charge in [0.1, 0.15) is 11.9 Å². The van der Waals surface area contributed by atoms with Crippen molar-refractivity contribution >= 4 is 10.0 Å². The fourth-order valence-electron chi connectivity index (χ4n) is 4.25. The normalized spacial score (nSPS) is 15.9. The topological polar surface area (TPSA) is 117 Å². The van der Waals surface area contributed by atoms with Crippen LogP contribution in [0.5, 0.6) is 0 Å². The van der Waals surface area contributed by atoms with Crippen LogP contribution in [-0.4, -0.2) is 25.2 Å². The standard InChI is InChI=1S/C22H25FN4O4S/c1-12-7-8-17(23)19(13(12)2)14(3)20(21-25-26-22(28)31-21)27-32(29,30)18-6-4-5-15-11-24-10-9-16(15)18/h4-8,14,20,24,27H,9-11H2,1-3H3,(H,26,28). The van der Waals surface area contributed by atoms with E-state index in [0.29, 0.717) is 30.6 Å². The molecule has 32 heavy (non-hydrogen) atoms. The Labute approximate surface area is 185 Å². The Morgan fingerprint density at radius 2 is 2.00 bits per heavy atom. The number of hydrogen-bond donors (Lipinski definition) is 3. The third-order valence-electron chi connectivity index (χ3n) is 6.08. The molecule has 4 rings (SSSR count). The lowest BCUT2D eigenvalue weighted by molar-refractivity contribution is 0.376. The lowest BCUT2D eigenvalue weighted by Crippen LogP contribution is -2.34. The van der Waals surface area contributed by atoms with Gasteiger partial charge in [0.15, 0.2) is 0 Å². The van der Waals surface area contributed by atoms with Gasteiger partial charge in [-0.3, -0.25) is 0 Å². The number of rotatable bonds is 6. The third-order valence-corrected chi connectivity index (χ3v) is 7.60. The molecular weight excluding hydrogens is 435 g/mol. The molecule has 2 unspecified atom stereocenters. The zero-order valence-corrected chi connectivity index (χ0v) is 18.8. The molecule has 0 saturated heterocycles. The van der Waals surface area contributed by atoms with Gasteiger partial charge >= 0.3 is 5.76 Å². The Kier molecular flexibility index (Phi) is 6.02. The molecule has 1 aromatic heterocycles. The van der Waals surface area contributed by atoms with Crippen molar-refractivity contribution < 1.29 is 17.2 Å². The number of H-pyrrole nitrogens is 1. The van der Waals surface area contributed by atoms with Crippen molar-refractivity contribution in [1.82, 2.24) is 20.2 Å². The minimum absolute atomic E-state index is 0.155. The second-order valence-electron chi connectivity index (χ2n) is 8.06. The first kappa shape index (κ1) is 22.4. The fraction of sp³-hybridized carbons (Fsp3) is 0.364. The van der Waals surface area contributed by atoms with Gasteiger partial charge in [-0.05, 0) is 66.8 Å². The van der Waals surface area contributed by atoms with Crippen molar-refractivity contribution in [2.75, 3.05) is 6.54 Å². The van der Waals surface area contributed by atoms with E-state index < -0.39 is 33.6 Å². The van der Waals surface area contributed by atoms with Crippen LogP contribution in [0.4, 0.5) is 4.39 Å². The highest BCUT2D eigenvalue weighted by atomic mass is 32.2. The summed E-state index contributed by atoms with van der Waals surface area (Å²) in [4.78, 5) is 11.8. The maximum absolute atomic E-state index is 14.8. The van der Waals surface area contributed by atoms with Crippen molar-refractivity contribution in [3.63, 3.8) is 0 Å². The number of aromatic amines is 1. The molecule has 8 nitrogen and oxygen atoms in total. The largest absolute Gasteiger partial charge is 0.434 e. The average Bonchev–Trinajstić information content (AvgIpc) is 3.20. The molecule has 0 spiro atoms. The molecule has 170 valence electrons. The summed E-state index contributed by atoms with van der Waals surface area (Å²) in [6.07, 6.45) is 0.565. The Balaban J connectivity index is 1.80. The Morgan fingerprint density at radius 3 is 2.72 bits per heavy atom. The lowest BCUT2D eigenvalue weighted by Gasteiger charge is -2.26. The molecule has 2 aromatic carbocycles. The number of sulfonamides is 1. The fourth-order valence-corrected chi connectivity index (χ4v) is 5.83. The van der Waals surface area contributed by atoms with Gasteiger partial charge in [-0.2, -0.15) is 4.72 Å². The first-order valence-electron chi connectivity index (χ1n) is 10.3. The van der Waals surface area contributed by atoms with Crippen LogP contribution in [0.25, 0.3) is 0 Å². The van der Waals surface area contributed by atoms with E-state index in [1.165, 1.54) is 6.07 Å². The van der Waals surface area contributed by atoms with E-state index in [4.69, 9.17) is 4.42 Å². The van der Waals surface area contributed by atoms with Gasteiger partial charge in [0.05, 0.1) is 4.90 Å². The number of hydrogen-bond acceptors (Lipinski definition) is 6. The van der Waals surface area contributed by atoms with Crippen LogP contribution >= 0.6 is 0 Å². The summed E-state index contributed by atoms with van der Waals surface area (Å²) in [5, 5.41) is 9.23. The van der Waals surface area contributed by atoms with Crippen LogP contribution in [-0.2, 0) is 23.0 Å². The Hall–Kier alpha value is -2.82. The first-order valence-corrected chi connectivity index (χ1v) is 11.8. The van der Waals surface area contributed by atoms with Gasteiger partial charge in [0, 0.05) is 12.5 Å². The summed E-state index contributed by atoms with van der Waals surface area (Å²) in [6.45, 7) is 6.55. The van der Waals surface area contributed by atoms with E-state index in [2.05, 4.69) is 20.2 Å². The molecule has 1 aliphatic heterocycles. The highest BCUT2D eigenvalue weighted by molar-refractivity contribution is 7.89. The molecule has 2 heterocycles. The van der Waals surface area contributed by atoms with Gasteiger partial charge in [-0.15, -0.1) is 5.10 Å². The third kappa shape index (κ3) is 4.13. The van der Waals surface area contributed by atoms with Gasteiger partial charge < -0.3 is 9.73 Å². The lowest BCUT2D eigenvalue weighted by atomic mass is 9.88. The summed E-state index contributed by atoms with van der Waals surface area (Å²) < 4.78 is 49.5. The van der Waals surface area contributed by atoms with Crippen LogP contribution in [0, 0.1) is 19.7 Å². The second kappa shape index (κ2) is 8.61. The average molecular weight is 461 g/mol. The van der Waals surface area contributed by atoms with Gasteiger partial charge in [0.2, 0.25) is 15.9 Å². The SMILES string of the molecule is Cc1ccc(F)c(C(C)C(NS(=O)(=O)c2cccc3c2CCNC3)c2n[nH]c(=O)o2)c1C. The summed E-state index contributed by atoms with van der Waals surface area (Å²) in [7, 11) is -4.04. The Morgan fingerprint density at radius 1 is 1.22 bits per heavy atom.